The van der Waals surface area contributed by atoms with Crippen molar-refractivity contribution >= 4 is 17.8 Å². The third kappa shape index (κ3) is 4.25. The van der Waals surface area contributed by atoms with Gasteiger partial charge in [-0.25, -0.2) is 0 Å². The van der Waals surface area contributed by atoms with Crippen LogP contribution in [0.5, 0.6) is 0 Å². The van der Waals surface area contributed by atoms with Gasteiger partial charge in [0.1, 0.15) is 0 Å². The van der Waals surface area contributed by atoms with E-state index in [0.29, 0.717) is 0 Å². The molecule has 0 N–H and O–H groups in total. The van der Waals surface area contributed by atoms with Gasteiger partial charge in [0.25, 0.3) is 0 Å². The van der Waals surface area contributed by atoms with Crippen LogP contribution in [-0.4, -0.2) is 38.6 Å². The van der Waals surface area contributed by atoms with E-state index in [1.165, 1.54) is 16.8 Å². The van der Waals surface area contributed by atoms with Crippen molar-refractivity contribution in [3.8, 4) is 0 Å². The van der Waals surface area contributed by atoms with Crippen LogP contribution in [0.1, 0.15) is 25.0 Å². The molecule has 0 heterocycles. The fourth-order valence-corrected chi connectivity index (χ4v) is 2.03. The van der Waals surface area contributed by atoms with Crippen LogP contribution in [0.25, 0.3) is 12.2 Å². The summed E-state index contributed by atoms with van der Waals surface area (Å²) in [7, 11) is 4.31. The monoisotopic (exact) mass is 258 g/mol. The highest BCUT2D eigenvalue weighted by molar-refractivity contribution is 5.76. The Labute approximate surface area is 118 Å². The van der Waals surface area contributed by atoms with Gasteiger partial charge in [-0.1, -0.05) is 43.9 Å². The molecule has 0 spiro atoms. The van der Waals surface area contributed by atoms with Crippen molar-refractivity contribution in [3.63, 3.8) is 0 Å². The second-order valence-corrected chi connectivity index (χ2v) is 4.80. The lowest BCUT2D eigenvalue weighted by Gasteiger charge is -2.25. The number of hydrogen-bond donors (Lipinski definition) is 0. The molecule has 0 aromatic heterocycles. The normalized spacial score (nSPS) is 11.2. The van der Waals surface area contributed by atoms with Gasteiger partial charge in [-0.3, -0.25) is 0 Å². The number of rotatable bonds is 7. The molecule has 0 aliphatic carbocycles. The van der Waals surface area contributed by atoms with E-state index in [-0.39, 0.29) is 0 Å². The molecule has 2 nitrogen and oxygen atoms in total. The number of nitrogens with zero attached hydrogens (tertiary/aromatic N) is 2. The van der Waals surface area contributed by atoms with Crippen LogP contribution >= 0.6 is 0 Å². The van der Waals surface area contributed by atoms with E-state index in [2.05, 4.69) is 74.7 Å². The Bertz CT molecular complexity index is 435. The summed E-state index contributed by atoms with van der Waals surface area (Å²) >= 11 is 0. The van der Waals surface area contributed by atoms with Gasteiger partial charge >= 0.3 is 0 Å². The van der Waals surface area contributed by atoms with Crippen LogP contribution in [0.2, 0.25) is 0 Å². The largest absolute Gasteiger partial charge is 0.373 e. The van der Waals surface area contributed by atoms with E-state index < -0.39 is 0 Å². The first-order chi connectivity index (χ1) is 9.13. The van der Waals surface area contributed by atoms with E-state index >= 15 is 0 Å². The average Bonchev–Trinajstić information content (AvgIpc) is 2.44. The molecule has 0 saturated carbocycles. The summed E-state index contributed by atoms with van der Waals surface area (Å²) in [6, 6.07) is 6.38. The minimum atomic E-state index is 1.02. The summed E-state index contributed by atoms with van der Waals surface area (Å²) in [5.41, 5.74) is 3.70. The highest BCUT2D eigenvalue weighted by atomic mass is 15.2. The number of benzene rings is 1. The van der Waals surface area contributed by atoms with Gasteiger partial charge in [-0.15, -0.1) is 0 Å². The number of likely N-dealkylation sites (N-methyl/N-ethyl adjacent to an activating group) is 2. The average molecular weight is 258 g/mol. The predicted molar refractivity (Wildman–Crippen MR) is 87.7 cm³/mol. The highest BCUT2D eigenvalue weighted by Crippen LogP contribution is 2.25. The minimum absolute atomic E-state index is 1.02. The Balaban J connectivity index is 2.95. The van der Waals surface area contributed by atoms with E-state index in [0.717, 1.165) is 19.6 Å². The zero-order valence-corrected chi connectivity index (χ0v) is 12.7. The Morgan fingerprint density at radius 1 is 1.21 bits per heavy atom. The molecule has 0 saturated heterocycles. The maximum Gasteiger partial charge on any atom is 0.0443 e. The lowest BCUT2D eigenvalue weighted by molar-refractivity contribution is 0.360. The molecular formula is C17H26N2. The fraction of sp³-hybridized carbons (Fsp3) is 0.412. The summed E-state index contributed by atoms with van der Waals surface area (Å²) in [5.74, 6) is 0. The van der Waals surface area contributed by atoms with Gasteiger partial charge in [0.15, 0.2) is 0 Å². The molecule has 0 aliphatic rings. The lowest BCUT2D eigenvalue weighted by Crippen LogP contribution is -2.31. The molecule has 0 radical (unpaired) electrons. The van der Waals surface area contributed by atoms with Gasteiger partial charge < -0.3 is 9.80 Å². The Hall–Kier alpha value is -1.54. The smallest absolute Gasteiger partial charge is 0.0443 e. The molecule has 0 fully saturated rings. The van der Waals surface area contributed by atoms with Crippen molar-refractivity contribution in [2.24, 2.45) is 0 Å². The second-order valence-electron chi connectivity index (χ2n) is 4.80. The van der Waals surface area contributed by atoms with Crippen LogP contribution in [0.15, 0.2) is 30.9 Å². The first-order valence-electron chi connectivity index (χ1n) is 6.91. The molecule has 1 rings (SSSR count). The van der Waals surface area contributed by atoms with Gasteiger partial charge in [0, 0.05) is 31.4 Å². The zero-order valence-electron chi connectivity index (χ0n) is 12.7. The second kappa shape index (κ2) is 7.80. The van der Waals surface area contributed by atoms with Crippen molar-refractivity contribution in [1.82, 2.24) is 4.90 Å². The third-order valence-corrected chi connectivity index (χ3v) is 3.44. The van der Waals surface area contributed by atoms with Crippen LogP contribution in [0, 0.1) is 0 Å². The van der Waals surface area contributed by atoms with Crippen molar-refractivity contribution in [2.45, 2.75) is 13.8 Å². The molecular weight excluding hydrogens is 232 g/mol. The Morgan fingerprint density at radius 2 is 1.95 bits per heavy atom. The van der Waals surface area contributed by atoms with E-state index in [1.54, 1.807) is 0 Å². The van der Waals surface area contributed by atoms with Gasteiger partial charge in [0.05, 0.1) is 0 Å². The molecule has 0 atom stereocenters. The summed E-state index contributed by atoms with van der Waals surface area (Å²) in [6.07, 6.45) is 6.16. The number of anilines is 1. The third-order valence-electron chi connectivity index (χ3n) is 3.44. The first-order valence-corrected chi connectivity index (χ1v) is 6.91. The lowest BCUT2D eigenvalue weighted by atomic mass is 10.0. The fourth-order valence-electron chi connectivity index (χ4n) is 2.03. The van der Waals surface area contributed by atoms with Crippen LogP contribution < -0.4 is 4.90 Å². The summed E-state index contributed by atoms with van der Waals surface area (Å²) in [4.78, 5) is 4.64. The molecule has 0 unspecified atom stereocenters. The highest BCUT2D eigenvalue weighted by Gasteiger charge is 2.08. The molecule has 0 bridgehead atoms. The standard InChI is InChI=1S/C17H26N2/c1-6-10-16-15(7-2)11-9-12-17(16)19(5)14-13-18(4)8-3/h6-7,9-12H,2,8,13-14H2,1,3-5H3/b10-6-. The predicted octanol–water partition coefficient (Wildman–Crippen LogP) is 3.75. The summed E-state index contributed by atoms with van der Waals surface area (Å²) in [6.45, 7) is 11.3. The van der Waals surface area contributed by atoms with E-state index in [9.17, 15) is 0 Å². The Morgan fingerprint density at radius 3 is 2.53 bits per heavy atom. The zero-order chi connectivity index (χ0) is 14.3. The maximum atomic E-state index is 3.90. The summed E-state index contributed by atoms with van der Waals surface area (Å²) < 4.78 is 0. The van der Waals surface area contributed by atoms with Crippen molar-refractivity contribution in [2.75, 3.05) is 38.6 Å². The topological polar surface area (TPSA) is 6.48 Å². The van der Waals surface area contributed by atoms with Crippen LogP contribution in [0.4, 0.5) is 5.69 Å². The molecule has 2 heteroatoms. The van der Waals surface area contributed by atoms with Crippen molar-refractivity contribution in [3.05, 3.63) is 42.0 Å². The summed E-state index contributed by atoms with van der Waals surface area (Å²) in [5, 5.41) is 0. The van der Waals surface area contributed by atoms with Gasteiger partial charge in [-0.05, 0) is 32.1 Å². The molecule has 1 aromatic carbocycles. The molecule has 1 aromatic rings. The first kappa shape index (κ1) is 15.5. The molecule has 0 amide bonds. The Kier molecular flexibility index (Phi) is 6.37. The van der Waals surface area contributed by atoms with E-state index in [4.69, 9.17) is 0 Å². The minimum Gasteiger partial charge on any atom is -0.373 e. The maximum absolute atomic E-state index is 3.90. The number of allylic oxidation sites excluding steroid dienone is 1. The molecule has 19 heavy (non-hydrogen) atoms. The van der Waals surface area contributed by atoms with Crippen molar-refractivity contribution in [1.29, 1.82) is 0 Å². The SMILES string of the molecule is C=Cc1cccc(N(C)CCN(C)CC)c1/C=C\C. The van der Waals surface area contributed by atoms with Gasteiger partial charge in [-0.2, -0.15) is 0 Å². The number of hydrogen-bond acceptors (Lipinski definition) is 2. The van der Waals surface area contributed by atoms with E-state index in [1.807, 2.05) is 6.08 Å². The molecule has 104 valence electrons. The van der Waals surface area contributed by atoms with Crippen molar-refractivity contribution < 1.29 is 0 Å². The molecule has 0 aliphatic heterocycles. The van der Waals surface area contributed by atoms with Crippen LogP contribution in [0.3, 0.4) is 0 Å². The van der Waals surface area contributed by atoms with Gasteiger partial charge in [0.2, 0.25) is 0 Å². The quantitative estimate of drug-likeness (QED) is 0.735. The van der Waals surface area contributed by atoms with Crippen LogP contribution in [-0.2, 0) is 0 Å².